The number of rotatable bonds is 11. The Labute approximate surface area is 113 Å². The summed E-state index contributed by atoms with van der Waals surface area (Å²) in [6, 6.07) is 0. The maximum Gasteiger partial charge on any atom is 0.176 e. The third-order valence-electron chi connectivity index (χ3n) is 2.69. The van der Waals surface area contributed by atoms with Crippen LogP contribution in [0.5, 0.6) is 0 Å². The molecule has 2 nitrogen and oxygen atoms in total. The second-order valence-electron chi connectivity index (χ2n) is 4.27. The van der Waals surface area contributed by atoms with Gasteiger partial charge < -0.3 is 4.98 Å². The Hall–Kier alpha value is -0.0900. The van der Waals surface area contributed by atoms with Crippen molar-refractivity contribution in [1.82, 2.24) is 9.97 Å². The molecular formula is C13H24N2S2. The first-order valence-electron chi connectivity index (χ1n) is 6.72. The van der Waals surface area contributed by atoms with Gasteiger partial charge in [-0.15, -0.1) is 0 Å². The van der Waals surface area contributed by atoms with E-state index in [4.69, 9.17) is 0 Å². The smallest absolute Gasteiger partial charge is 0.176 e. The van der Waals surface area contributed by atoms with E-state index >= 15 is 0 Å². The van der Waals surface area contributed by atoms with Crippen LogP contribution in [0, 0.1) is 0 Å². The topological polar surface area (TPSA) is 28.7 Å². The molecule has 0 unspecified atom stereocenters. The van der Waals surface area contributed by atoms with Gasteiger partial charge in [0.05, 0.1) is 0 Å². The number of nitrogens with one attached hydrogen (secondary N) is 1. The third kappa shape index (κ3) is 8.61. The van der Waals surface area contributed by atoms with Gasteiger partial charge in [-0.05, 0) is 17.2 Å². The summed E-state index contributed by atoms with van der Waals surface area (Å²) in [5.74, 6) is 1.24. The highest BCUT2D eigenvalue weighted by molar-refractivity contribution is 8.76. The minimum absolute atomic E-state index is 1.02. The van der Waals surface area contributed by atoms with E-state index in [0.29, 0.717) is 0 Å². The van der Waals surface area contributed by atoms with E-state index in [1.807, 2.05) is 17.0 Å². The third-order valence-corrected chi connectivity index (χ3v) is 4.97. The van der Waals surface area contributed by atoms with Crippen LogP contribution in [0.15, 0.2) is 17.6 Å². The molecule has 0 atom stereocenters. The Bertz CT molecular complexity index is 250. The van der Waals surface area contributed by atoms with Gasteiger partial charge in [-0.25, -0.2) is 4.98 Å². The lowest BCUT2D eigenvalue weighted by molar-refractivity contribution is 0.586. The molecule has 0 spiro atoms. The number of hydrogen-bond acceptors (Lipinski definition) is 3. The average molecular weight is 272 g/mol. The van der Waals surface area contributed by atoms with Crippen LogP contribution in [0.4, 0.5) is 0 Å². The molecule has 4 heteroatoms. The minimum atomic E-state index is 1.02. The molecule has 0 bridgehead atoms. The largest absolute Gasteiger partial charge is 0.339 e. The SMILES string of the molecule is CCCCCCCCCCSSc1ncc[nH]1. The number of hydrogen-bond donors (Lipinski definition) is 1. The van der Waals surface area contributed by atoms with Crippen molar-refractivity contribution in [3.05, 3.63) is 12.4 Å². The Balaban J connectivity index is 1.76. The van der Waals surface area contributed by atoms with Gasteiger partial charge in [0.25, 0.3) is 0 Å². The number of nitrogens with zero attached hydrogens (tertiary/aromatic N) is 1. The second kappa shape index (κ2) is 11.0. The molecule has 0 amide bonds. The molecule has 1 N–H and O–H groups in total. The van der Waals surface area contributed by atoms with E-state index in [9.17, 15) is 0 Å². The first-order valence-corrected chi connectivity index (χ1v) is 9.04. The van der Waals surface area contributed by atoms with Gasteiger partial charge in [0.15, 0.2) is 5.16 Å². The van der Waals surface area contributed by atoms with Crippen molar-refractivity contribution < 1.29 is 0 Å². The van der Waals surface area contributed by atoms with Gasteiger partial charge in [-0.1, -0.05) is 62.7 Å². The maximum absolute atomic E-state index is 4.18. The van der Waals surface area contributed by atoms with E-state index in [1.54, 1.807) is 17.0 Å². The highest BCUT2D eigenvalue weighted by Crippen LogP contribution is 2.28. The Morgan fingerprint density at radius 2 is 1.76 bits per heavy atom. The van der Waals surface area contributed by atoms with Crippen LogP contribution in [-0.4, -0.2) is 15.7 Å². The first kappa shape index (κ1) is 15.0. The number of imidazole rings is 1. The molecule has 1 rings (SSSR count). The molecule has 0 aromatic carbocycles. The molecule has 0 radical (unpaired) electrons. The number of H-pyrrole nitrogens is 1. The van der Waals surface area contributed by atoms with Crippen molar-refractivity contribution >= 4 is 21.6 Å². The van der Waals surface area contributed by atoms with Crippen LogP contribution in [0.2, 0.25) is 0 Å². The van der Waals surface area contributed by atoms with Crippen LogP contribution < -0.4 is 0 Å². The van der Waals surface area contributed by atoms with Crippen molar-refractivity contribution in [2.24, 2.45) is 0 Å². The fourth-order valence-electron chi connectivity index (χ4n) is 1.69. The van der Waals surface area contributed by atoms with E-state index in [-0.39, 0.29) is 0 Å². The molecule has 0 aliphatic rings. The van der Waals surface area contributed by atoms with Crippen LogP contribution >= 0.6 is 21.6 Å². The molecule has 0 aliphatic heterocycles. The molecule has 0 saturated carbocycles. The zero-order chi connectivity index (χ0) is 12.2. The summed E-state index contributed by atoms with van der Waals surface area (Å²) < 4.78 is 0. The first-order chi connectivity index (χ1) is 8.43. The molecule has 1 aromatic rings. The molecule has 0 aliphatic carbocycles. The zero-order valence-corrected chi connectivity index (χ0v) is 12.4. The number of aromatic amines is 1. The quantitative estimate of drug-likeness (QED) is 0.438. The fourth-order valence-corrected chi connectivity index (χ4v) is 3.64. The Kier molecular flexibility index (Phi) is 9.71. The van der Waals surface area contributed by atoms with Gasteiger partial charge >= 0.3 is 0 Å². The molecule has 0 saturated heterocycles. The lowest BCUT2D eigenvalue weighted by Gasteiger charge is -2.01. The zero-order valence-electron chi connectivity index (χ0n) is 10.8. The van der Waals surface area contributed by atoms with Gasteiger partial charge in [-0.2, -0.15) is 0 Å². The molecule has 0 fully saturated rings. The number of aromatic nitrogens is 2. The monoisotopic (exact) mass is 272 g/mol. The Morgan fingerprint density at radius 1 is 1.06 bits per heavy atom. The number of unbranched alkanes of at least 4 members (excludes halogenated alkanes) is 7. The Morgan fingerprint density at radius 3 is 2.41 bits per heavy atom. The van der Waals surface area contributed by atoms with Crippen LogP contribution in [0.3, 0.4) is 0 Å². The summed E-state index contributed by atoms with van der Waals surface area (Å²) in [5.41, 5.74) is 0. The molecule has 1 aromatic heterocycles. The van der Waals surface area contributed by atoms with Gasteiger partial charge in [-0.3, -0.25) is 0 Å². The van der Waals surface area contributed by atoms with E-state index in [1.165, 1.54) is 57.1 Å². The van der Waals surface area contributed by atoms with Crippen LogP contribution in [-0.2, 0) is 0 Å². The lowest BCUT2D eigenvalue weighted by atomic mass is 10.1. The summed E-state index contributed by atoms with van der Waals surface area (Å²) in [6.07, 6.45) is 14.9. The second-order valence-corrected chi connectivity index (χ2v) is 6.68. The minimum Gasteiger partial charge on any atom is -0.339 e. The standard InChI is InChI=1S/C13H24N2S2/c1-2-3-4-5-6-7-8-9-12-16-17-13-14-10-11-15-13/h10-11H,2-9,12H2,1H3,(H,14,15). The summed E-state index contributed by atoms with van der Waals surface area (Å²) in [4.78, 5) is 7.28. The molecular weight excluding hydrogens is 248 g/mol. The molecule has 1 heterocycles. The predicted molar refractivity (Wildman–Crippen MR) is 79.5 cm³/mol. The van der Waals surface area contributed by atoms with Crippen molar-refractivity contribution in [3.63, 3.8) is 0 Å². The van der Waals surface area contributed by atoms with Crippen molar-refractivity contribution in [1.29, 1.82) is 0 Å². The van der Waals surface area contributed by atoms with Gasteiger partial charge in [0.2, 0.25) is 0 Å². The normalized spacial score (nSPS) is 10.9. The molecule has 98 valence electrons. The van der Waals surface area contributed by atoms with Crippen LogP contribution in [0.1, 0.15) is 58.3 Å². The van der Waals surface area contributed by atoms with E-state index in [2.05, 4.69) is 16.9 Å². The van der Waals surface area contributed by atoms with Crippen molar-refractivity contribution in [2.45, 2.75) is 63.4 Å². The van der Waals surface area contributed by atoms with Crippen molar-refractivity contribution in [2.75, 3.05) is 5.75 Å². The predicted octanol–water partition coefficient (Wildman–Crippen LogP) is 5.29. The van der Waals surface area contributed by atoms with Gasteiger partial charge in [0, 0.05) is 18.1 Å². The summed E-state index contributed by atoms with van der Waals surface area (Å²) in [5, 5.41) is 1.02. The van der Waals surface area contributed by atoms with Crippen molar-refractivity contribution in [3.8, 4) is 0 Å². The molecule has 17 heavy (non-hydrogen) atoms. The van der Waals surface area contributed by atoms with Crippen LogP contribution in [0.25, 0.3) is 0 Å². The fraction of sp³-hybridized carbons (Fsp3) is 0.769. The lowest BCUT2D eigenvalue weighted by Crippen LogP contribution is -1.82. The van der Waals surface area contributed by atoms with Gasteiger partial charge in [0.1, 0.15) is 0 Å². The average Bonchev–Trinajstić information content (AvgIpc) is 2.85. The van der Waals surface area contributed by atoms with E-state index in [0.717, 1.165) is 5.16 Å². The summed E-state index contributed by atoms with van der Waals surface area (Å²) in [7, 11) is 3.66. The maximum atomic E-state index is 4.18. The van der Waals surface area contributed by atoms with E-state index < -0.39 is 0 Å². The summed E-state index contributed by atoms with van der Waals surface area (Å²) in [6.45, 7) is 2.27. The highest BCUT2D eigenvalue weighted by atomic mass is 33.1. The highest BCUT2D eigenvalue weighted by Gasteiger charge is 1.96. The summed E-state index contributed by atoms with van der Waals surface area (Å²) >= 11 is 0.